The zero-order valence-electron chi connectivity index (χ0n) is 12.3. The minimum atomic E-state index is -0.407. The third-order valence-corrected chi connectivity index (χ3v) is 2.54. The van der Waals surface area contributed by atoms with E-state index in [-0.39, 0.29) is 39.5 Å². The molecule has 1 rings (SSSR count). The lowest BCUT2D eigenvalue weighted by atomic mass is 10.1. The number of methoxy groups -OCH3 is 1. The van der Waals surface area contributed by atoms with Crippen molar-refractivity contribution in [1.29, 1.82) is 0 Å². The molecule has 0 spiro atoms. The number of benzene rings is 1. The molecule has 0 radical (unpaired) electrons. The van der Waals surface area contributed by atoms with E-state index in [9.17, 15) is 4.79 Å². The lowest BCUT2D eigenvalue weighted by Gasteiger charge is -2.09. The van der Waals surface area contributed by atoms with Crippen LogP contribution in [0.3, 0.4) is 0 Å². The molecule has 1 aromatic rings. The smallest absolute Gasteiger partial charge is 0.307 e. The minimum absolute atomic E-state index is 0.0198. The van der Waals surface area contributed by atoms with Crippen LogP contribution in [-0.2, 0) is 37.6 Å². The molecule has 124 valence electrons. The number of hydrogen-bond donors (Lipinski definition) is 2. The highest BCUT2D eigenvalue weighted by atomic mass is 17.5. The van der Waals surface area contributed by atoms with Crippen molar-refractivity contribution in [3.63, 3.8) is 0 Å². The number of hydrogen-bond acceptors (Lipinski definition) is 8. The maximum absolute atomic E-state index is 10.8. The summed E-state index contributed by atoms with van der Waals surface area (Å²) >= 11 is 0. The maximum Gasteiger partial charge on any atom is 0.307 e. The second-order valence-electron chi connectivity index (χ2n) is 4.19. The van der Waals surface area contributed by atoms with Crippen molar-refractivity contribution in [3.05, 3.63) is 29.3 Å². The molecule has 0 heterocycles. The summed E-state index contributed by atoms with van der Waals surface area (Å²) in [6, 6.07) is 5.00. The van der Waals surface area contributed by atoms with Crippen molar-refractivity contribution < 1.29 is 39.3 Å². The summed E-state index contributed by atoms with van der Waals surface area (Å²) in [6.45, 7) is 0.0117. The summed E-state index contributed by atoms with van der Waals surface area (Å²) in [7, 11) is 1.28. The van der Waals surface area contributed by atoms with E-state index in [2.05, 4.69) is 19.6 Å². The normalized spacial score (nSPS) is 10.5. The lowest BCUT2D eigenvalue weighted by Crippen LogP contribution is -2.10. The van der Waals surface area contributed by atoms with Crippen LogP contribution in [0.2, 0.25) is 0 Å². The summed E-state index contributed by atoms with van der Waals surface area (Å²) in [4.78, 5) is 20.0. The van der Waals surface area contributed by atoms with Gasteiger partial charge in [0.15, 0.2) is 0 Å². The van der Waals surface area contributed by atoms with E-state index < -0.39 is 5.97 Å². The van der Waals surface area contributed by atoms with Crippen molar-refractivity contribution in [2.75, 3.05) is 26.9 Å². The van der Waals surface area contributed by atoms with Crippen LogP contribution in [-0.4, -0.2) is 43.1 Å². The van der Waals surface area contributed by atoms with Crippen LogP contribution >= 0.6 is 0 Å². The van der Waals surface area contributed by atoms with Crippen molar-refractivity contribution >= 4 is 5.97 Å². The van der Waals surface area contributed by atoms with Crippen LogP contribution in [0.25, 0.3) is 0 Å². The first kappa shape index (κ1) is 18.3. The van der Waals surface area contributed by atoms with Gasteiger partial charge in [0.05, 0.1) is 33.4 Å². The Morgan fingerprint density at radius 3 is 2.23 bits per heavy atom. The molecule has 0 atom stereocenters. The fraction of sp³-hybridized carbons (Fsp3) is 0.500. The Bertz CT molecular complexity index is 426. The molecule has 8 nitrogen and oxygen atoms in total. The van der Waals surface area contributed by atoms with Crippen molar-refractivity contribution in [2.45, 2.75) is 19.6 Å². The second-order valence-corrected chi connectivity index (χ2v) is 4.19. The number of aliphatic hydroxyl groups is 2. The molecular weight excluding hydrogens is 296 g/mol. The molecule has 1 aromatic carbocycles. The number of ether oxygens (including phenoxy) is 2. The quantitative estimate of drug-likeness (QED) is 0.263. The van der Waals surface area contributed by atoms with Crippen molar-refractivity contribution in [3.8, 4) is 5.75 Å². The van der Waals surface area contributed by atoms with Gasteiger partial charge in [0.2, 0.25) is 0 Å². The topological polar surface area (TPSA) is 104 Å². The lowest BCUT2D eigenvalue weighted by molar-refractivity contribution is -0.512. The maximum atomic E-state index is 10.8. The minimum Gasteiger partial charge on any atom is -0.491 e. The average molecular weight is 316 g/mol. The number of aliphatic hydroxyl groups excluding tert-OH is 2. The number of esters is 1. The molecule has 2 N–H and O–H groups in total. The fourth-order valence-electron chi connectivity index (χ4n) is 1.52. The molecule has 0 amide bonds. The molecule has 0 saturated carbocycles. The third-order valence-electron chi connectivity index (χ3n) is 2.54. The van der Waals surface area contributed by atoms with E-state index in [1.807, 2.05) is 0 Å². The molecule has 22 heavy (non-hydrogen) atoms. The van der Waals surface area contributed by atoms with E-state index in [4.69, 9.17) is 14.9 Å². The first-order valence-electron chi connectivity index (χ1n) is 6.65. The van der Waals surface area contributed by atoms with Crippen molar-refractivity contribution in [2.24, 2.45) is 0 Å². The summed E-state index contributed by atoms with van der Waals surface area (Å²) in [5, 5.41) is 22.6. The van der Waals surface area contributed by atoms with Gasteiger partial charge in [-0.05, 0) is 23.3 Å². The Labute approximate surface area is 128 Å². The Hall–Kier alpha value is -1.71. The van der Waals surface area contributed by atoms with E-state index in [0.29, 0.717) is 16.9 Å². The van der Waals surface area contributed by atoms with Gasteiger partial charge in [-0.3, -0.25) is 4.79 Å². The average Bonchev–Trinajstić information content (AvgIpc) is 2.56. The van der Waals surface area contributed by atoms with Crippen LogP contribution in [0.15, 0.2) is 18.2 Å². The zero-order chi connectivity index (χ0) is 16.2. The highest BCUT2D eigenvalue weighted by molar-refractivity contribution is 5.69. The van der Waals surface area contributed by atoms with Crippen LogP contribution in [0.5, 0.6) is 5.75 Å². The van der Waals surface area contributed by atoms with Gasteiger partial charge in [-0.1, -0.05) is 11.1 Å². The van der Waals surface area contributed by atoms with Crippen molar-refractivity contribution in [1.82, 2.24) is 0 Å². The molecule has 8 heteroatoms. The molecular formula is C14H20O8. The Morgan fingerprint density at radius 2 is 1.64 bits per heavy atom. The first-order chi connectivity index (χ1) is 10.7. The predicted octanol–water partition coefficient (Wildman–Crippen LogP) is 0.493. The molecule has 0 unspecified atom stereocenters. The second kappa shape index (κ2) is 10.9. The van der Waals surface area contributed by atoms with Gasteiger partial charge < -0.3 is 19.7 Å². The van der Waals surface area contributed by atoms with E-state index in [1.54, 1.807) is 18.2 Å². The highest BCUT2D eigenvalue weighted by Crippen LogP contribution is 2.17. The van der Waals surface area contributed by atoms with Gasteiger partial charge in [0.25, 0.3) is 0 Å². The largest absolute Gasteiger partial charge is 0.491 e. The first-order valence-corrected chi connectivity index (χ1v) is 6.65. The Kier molecular flexibility index (Phi) is 9.12. The molecule has 0 aliphatic heterocycles. The van der Waals surface area contributed by atoms with Gasteiger partial charge in [-0.2, -0.15) is 0 Å². The Morgan fingerprint density at radius 1 is 1.00 bits per heavy atom. The SMILES string of the molecule is COC(=O)CCOOOCCOc1cc(CO)cc(CO)c1. The molecule has 0 aromatic heterocycles. The van der Waals surface area contributed by atoms with Crippen LogP contribution < -0.4 is 4.74 Å². The van der Waals surface area contributed by atoms with Gasteiger partial charge in [-0.15, -0.1) is 0 Å². The fourth-order valence-corrected chi connectivity index (χ4v) is 1.52. The highest BCUT2D eigenvalue weighted by Gasteiger charge is 2.02. The van der Waals surface area contributed by atoms with Gasteiger partial charge in [0, 0.05) is 0 Å². The predicted molar refractivity (Wildman–Crippen MR) is 73.4 cm³/mol. The van der Waals surface area contributed by atoms with E-state index in [0.717, 1.165) is 0 Å². The standard InChI is InChI=1S/C14H20O8/c1-18-14(17)2-3-20-22-21-5-4-19-13-7-11(9-15)6-12(8-13)10-16/h6-8,15-16H,2-5,9-10H2,1H3. The summed E-state index contributed by atoms with van der Waals surface area (Å²) in [6.07, 6.45) is 0.0637. The summed E-state index contributed by atoms with van der Waals surface area (Å²) in [5.41, 5.74) is 1.29. The Balaban J connectivity index is 2.15. The van der Waals surface area contributed by atoms with E-state index in [1.165, 1.54) is 7.11 Å². The van der Waals surface area contributed by atoms with Gasteiger partial charge in [0.1, 0.15) is 19.0 Å². The summed E-state index contributed by atoms with van der Waals surface area (Å²) in [5.74, 6) is 0.0983. The zero-order valence-corrected chi connectivity index (χ0v) is 12.3. The summed E-state index contributed by atoms with van der Waals surface area (Å²) < 4.78 is 9.81. The van der Waals surface area contributed by atoms with Crippen LogP contribution in [0.4, 0.5) is 0 Å². The molecule has 0 bridgehead atoms. The molecule has 0 aliphatic rings. The molecule has 0 aliphatic carbocycles. The van der Waals surface area contributed by atoms with Crippen LogP contribution in [0, 0.1) is 0 Å². The van der Waals surface area contributed by atoms with Crippen LogP contribution in [0.1, 0.15) is 17.5 Å². The van der Waals surface area contributed by atoms with E-state index >= 15 is 0 Å². The molecule has 0 saturated heterocycles. The monoisotopic (exact) mass is 316 g/mol. The van der Waals surface area contributed by atoms with Gasteiger partial charge >= 0.3 is 5.97 Å². The number of carbonyl (C=O) groups excluding carboxylic acids is 1. The van der Waals surface area contributed by atoms with Gasteiger partial charge in [-0.25, -0.2) is 9.78 Å². The number of rotatable bonds is 11. The third kappa shape index (κ3) is 7.34. The number of carbonyl (C=O) groups is 1. The molecule has 0 fully saturated rings.